The Kier molecular flexibility index (Phi) is 7.45. The second-order valence-corrected chi connectivity index (χ2v) is 5.78. The van der Waals surface area contributed by atoms with Crippen LogP contribution in [0.4, 0.5) is 5.69 Å². The van der Waals surface area contributed by atoms with E-state index in [1.54, 1.807) is 24.3 Å². The van der Waals surface area contributed by atoms with E-state index in [1.807, 2.05) is 6.26 Å². The van der Waals surface area contributed by atoms with Crippen molar-refractivity contribution in [2.24, 2.45) is 0 Å². The summed E-state index contributed by atoms with van der Waals surface area (Å²) in [5, 5.41) is 14.2. The maximum Gasteiger partial charge on any atom is 0.326 e. The minimum atomic E-state index is -1.02. The first-order chi connectivity index (χ1) is 10.4. The van der Waals surface area contributed by atoms with Crippen LogP contribution < -0.4 is 10.6 Å². The van der Waals surface area contributed by atoms with Crippen molar-refractivity contribution in [1.29, 1.82) is 0 Å². The van der Waals surface area contributed by atoms with Crippen LogP contribution in [0.15, 0.2) is 24.3 Å². The number of carboxylic acid groups (broad SMARTS) is 1. The van der Waals surface area contributed by atoms with Crippen LogP contribution >= 0.6 is 11.8 Å². The number of nitrogens with one attached hydrogen (secondary N) is 2. The van der Waals surface area contributed by atoms with Crippen LogP contribution in [0.25, 0.3) is 0 Å². The zero-order chi connectivity index (χ0) is 16.5. The van der Waals surface area contributed by atoms with Gasteiger partial charge in [0.15, 0.2) is 0 Å². The molecule has 120 valence electrons. The predicted octanol–water partition coefficient (Wildman–Crippen LogP) is 1.51. The van der Waals surface area contributed by atoms with Gasteiger partial charge in [0.05, 0.1) is 6.42 Å². The molecule has 2 amide bonds. The maximum atomic E-state index is 11.9. The number of aliphatic carboxylic acids is 1. The highest BCUT2D eigenvalue weighted by Crippen LogP contribution is 2.10. The van der Waals surface area contributed by atoms with Gasteiger partial charge in [-0.05, 0) is 36.1 Å². The zero-order valence-electron chi connectivity index (χ0n) is 12.6. The van der Waals surface area contributed by atoms with Crippen molar-refractivity contribution in [2.75, 3.05) is 17.3 Å². The van der Waals surface area contributed by atoms with Crippen molar-refractivity contribution < 1.29 is 19.5 Å². The summed E-state index contributed by atoms with van der Waals surface area (Å²) in [6.45, 7) is 1.42. The van der Waals surface area contributed by atoms with Gasteiger partial charge in [-0.1, -0.05) is 12.1 Å². The van der Waals surface area contributed by atoms with E-state index in [1.165, 1.54) is 18.7 Å². The molecule has 0 heterocycles. The quantitative estimate of drug-likeness (QED) is 0.674. The van der Waals surface area contributed by atoms with Gasteiger partial charge in [0.1, 0.15) is 6.04 Å². The zero-order valence-corrected chi connectivity index (χ0v) is 13.4. The normalized spacial score (nSPS) is 11.5. The molecule has 0 bridgehead atoms. The van der Waals surface area contributed by atoms with E-state index in [0.717, 1.165) is 5.56 Å². The average Bonchev–Trinajstić information content (AvgIpc) is 2.44. The number of anilines is 1. The van der Waals surface area contributed by atoms with Crippen molar-refractivity contribution in [1.82, 2.24) is 5.32 Å². The molecule has 0 aliphatic heterocycles. The summed E-state index contributed by atoms with van der Waals surface area (Å²) >= 11 is 1.54. The Morgan fingerprint density at radius 3 is 2.36 bits per heavy atom. The van der Waals surface area contributed by atoms with Gasteiger partial charge in [0.2, 0.25) is 11.8 Å². The Labute approximate surface area is 133 Å². The molecule has 1 aromatic carbocycles. The third kappa shape index (κ3) is 6.62. The number of carbonyl (C=O) groups excluding carboxylic acids is 2. The lowest BCUT2D eigenvalue weighted by molar-refractivity contribution is -0.141. The number of carbonyl (C=O) groups is 3. The van der Waals surface area contributed by atoms with Crippen LogP contribution in [-0.4, -0.2) is 40.9 Å². The standard InChI is InChI=1S/C15H20N2O4S/c1-10(18)16-12-5-3-11(4-6-12)9-14(19)17-13(15(20)21)7-8-22-2/h3-6,13H,7-9H2,1-2H3,(H,16,18)(H,17,19)(H,20,21). The Morgan fingerprint density at radius 1 is 1.23 bits per heavy atom. The highest BCUT2D eigenvalue weighted by Gasteiger charge is 2.19. The Hall–Kier alpha value is -2.02. The number of benzene rings is 1. The Morgan fingerprint density at radius 2 is 1.86 bits per heavy atom. The molecule has 3 N–H and O–H groups in total. The number of amides is 2. The fourth-order valence-corrected chi connectivity index (χ4v) is 2.30. The van der Waals surface area contributed by atoms with Crippen LogP contribution in [0, 0.1) is 0 Å². The lowest BCUT2D eigenvalue weighted by Gasteiger charge is -2.14. The first kappa shape index (κ1) is 18.0. The third-order valence-corrected chi connectivity index (χ3v) is 3.53. The molecule has 0 spiro atoms. The summed E-state index contributed by atoms with van der Waals surface area (Å²) < 4.78 is 0. The van der Waals surface area contributed by atoms with Crippen molar-refractivity contribution in [3.63, 3.8) is 0 Å². The van der Waals surface area contributed by atoms with E-state index < -0.39 is 12.0 Å². The molecule has 6 nitrogen and oxygen atoms in total. The van der Waals surface area contributed by atoms with Gasteiger partial charge in [-0.25, -0.2) is 4.79 Å². The number of rotatable bonds is 8. The van der Waals surface area contributed by atoms with E-state index in [2.05, 4.69) is 10.6 Å². The lowest BCUT2D eigenvalue weighted by Crippen LogP contribution is -2.41. The average molecular weight is 324 g/mol. The molecule has 0 saturated carbocycles. The van der Waals surface area contributed by atoms with Crippen molar-refractivity contribution in [3.05, 3.63) is 29.8 Å². The summed E-state index contributed by atoms with van der Waals surface area (Å²) in [5.74, 6) is -0.851. The molecule has 0 saturated heterocycles. The molecule has 1 atom stereocenters. The summed E-state index contributed by atoms with van der Waals surface area (Å²) in [5.41, 5.74) is 1.40. The minimum Gasteiger partial charge on any atom is -0.480 e. The monoisotopic (exact) mass is 324 g/mol. The molecule has 1 aromatic rings. The van der Waals surface area contributed by atoms with Gasteiger partial charge in [0.25, 0.3) is 0 Å². The number of thioether (sulfide) groups is 1. The first-order valence-corrected chi connectivity index (χ1v) is 8.19. The van der Waals surface area contributed by atoms with Crippen LogP contribution in [0.1, 0.15) is 18.9 Å². The molecule has 0 aliphatic carbocycles. The molecule has 0 fully saturated rings. The van der Waals surface area contributed by atoms with Gasteiger partial charge >= 0.3 is 5.97 Å². The second kappa shape index (κ2) is 9.09. The van der Waals surface area contributed by atoms with Gasteiger partial charge < -0.3 is 15.7 Å². The third-order valence-electron chi connectivity index (χ3n) is 2.88. The fourth-order valence-electron chi connectivity index (χ4n) is 1.83. The fraction of sp³-hybridized carbons (Fsp3) is 0.400. The van der Waals surface area contributed by atoms with E-state index in [-0.39, 0.29) is 18.2 Å². The van der Waals surface area contributed by atoms with E-state index in [9.17, 15) is 14.4 Å². The highest BCUT2D eigenvalue weighted by atomic mass is 32.2. The van der Waals surface area contributed by atoms with Gasteiger partial charge in [-0.15, -0.1) is 0 Å². The lowest BCUT2D eigenvalue weighted by atomic mass is 10.1. The van der Waals surface area contributed by atoms with Crippen LogP contribution in [0.3, 0.4) is 0 Å². The van der Waals surface area contributed by atoms with Crippen LogP contribution in [-0.2, 0) is 20.8 Å². The molecule has 7 heteroatoms. The van der Waals surface area contributed by atoms with Crippen molar-refractivity contribution in [3.8, 4) is 0 Å². The molecule has 1 unspecified atom stereocenters. The number of hydrogen-bond donors (Lipinski definition) is 3. The predicted molar refractivity (Wildman–Crippen MR) is 87.0 cm³/mol. The van der Waals surface area contributed by atoms with E-state index >= 15 is 0 Å². The molecular formula is C15H20N2O4S. The Bertz CT molecular complexity index is 531. The summed E-state index contributed by atoms with van der Waals surface area (Å²) in [6.07, 6.45) is 2.38. The summed E-state index contributed by atoms with van der Waals surface area (Å²) in [6, 6.07) is 5.99. The number of carboxylic acids is 1. The largest absolute Gasteiger partial charge is 0.480 e. The molecule has 0 radical (unpaired) electrons. The maximum absolute atomic E-state index is 11.9. The summed E-state index contributed by atoms with van der Waals surface area (Å²) in [7, 11) is 0. The number of hydrogen-bond acceptors (Lipinski definition) is 4. The van der Waals surface area contributed by atoms with Crippen molar-refractivity contribution >= 4 is 35.2 Å². The van der Waals surface area contributed by atoms with Crippen LogP contribution in [0.2, 0.25) is 0 Å². The van der Waals surface area contributed by atoms with Crippen molar-refractivity contribution in [2.45, 2.75) is 25.8 Å². The van der Waals surface area contributed by atoms with E-state index in [4.69, 9.17) is 5.11 Å². The topological polar surface area (TPSA) is 95.5 Å². The molecule has 1 rings (SSSR count). The minimum absolute atomic E-state index is 0.101. The first-order valence-electron chi connectivity index (χ1n) is 6.80. The van der Waals surface area contributed by atoms with Gasteiger partial charge in [-0.3, -0.25) is 9.59 Å². The highest BCUT2D eigenvalue weighted by molar-refractivity contribution is 7.98. The van der Waals surface area contributed by atoms with E-state index in [0.29, 0.717) is 17.9 Å². The smallest absolute Gasteiger partial charge is 0.326 e. The van der Waals surface area contributed by atoms with Gasteiger partial charge in [-0.2, -0.15) is 11.8 Å². The molecule has 22 heavy (non-hydrogen) atoms. The van der Waals surface area contributed by atoms with Crippen LogP contribution in [0.5, 0.6) is 0 Å². The second-order valence-electron chi connectivity index (χ2n) is 4.79. The SMILES string of the molecule is CSCCC(NC(=O)Cc1ccc(NC(C)=O)cc1)C(=O)O. The van der Waals surface area contributed by atoms with Gasteiger partial charge in [0, 0.05) is 12.6 Å². The molecular weight excluding hydrogens is 304 g/mol. The Balaban J connectivity index is 2.56. The molecule has 0 aromatic heterocycles. The summed E-state index contributed by atoms with van der Waals surface area (Å²) in [4.78, 5) is 33.9. The molecule has 0 aliphatic rings.